The van der Waals surface area contributed by atoms with Gasteiger partial charge in [-0.3, -0.25) is 9.59 Å². The lowest BCUT2D eigenvalue weighted by atomic mass is 10.00. The molecule has 0 spiro atoms. The van der Waals surface area contributed by atoms with E-state index in [1.54, 1.807) is 24.0 Å². The molecule has 1 fully saturated rings. The van der Waals surface area contributed by atoms with Gasteiger partial charge in [0.1, 0.15) is 0 Å². The van der Waals surface area contributed by atoms with E-state index < -0.39 is 6.09 Å². The van der Waals surface area contributed by atoms with Crippen molar-refractivity contribution >= 4 is 29.4 Å². The van der Waals surface area contributed by atoms with Crippen LogP contribution in [0.15, 0.2) is 54.6 Å². The minimum atomic E-state index is -0.649. The van der Waals surface area contributed by atoms with E-state index in [0.717, 1.165) is 29.0 Å². The van der Waals surface area contributed by atoms with Gasteiger partial charge in [0.15, 0.2) is 5.82 Å². The largest absolute Gasteiger partial charge is 0.448 e. The zero-order valence-corrected chi connectivity index (χ0v) is 21.6. The summed E-state index contributed by atoms with van der Waals surface area (Å²) < 4.78 is 11.7. The zero-order valence-electron chi connectivity index (χ0n) is 21.6. The molecule has 10 nitrogen and oxygen atoms in total. The topological polar surface area (TPSA) is 106 Å². The lowest BCUT2D eigenvalue weighted by Gasteiger charge is -2.28. The second-order valence-electron chi connectivity index (χ2n) is 9.31. The standard InChI is InChI=1S/C28H31N5O5/c1-3-38-28(36)33-24-18-32(27(35)19(2)20-7-5-4-6-8-20)17-23(24)25(30-33)29-26(34)21-9-11-22(12-10-21)31-13-15-37-16-14-31/h4-12,19H,3,13-18H2,1-2H3,(H,29,30,34)/t19-/m1/s1. The molecule has 0 aliphatic carbocycles. The third kappa shape index (κ3) is 5.12. The number of nitrogens with zero attached hydrogens (tertiary/aromatic N) is 4. The number of aromatic nitrogens is 2. The van der Waals surface area contributed by atoms with Crippen LogP contribution in [0.1, 0.15) is 46.9 Å². The van der Waals surface area contributed by atoms with Crippen LogP contribution < -0.4 is 10.2 Å². The van der Waals surface area contributed by atoms with Crippen molar-refractivity contribution in [3.8, 4) is 0 Å². The molecular formula is C28H31N5O5. The van der Waals surface area contributed by atoms with Crippen LogP contribution in [0.3, 0.4) is 0 Å². The molecule has 3 aromatic rings. The normalized spacial score (nSPS) is 15.6. The van der Waals surface area contributed by atoms with Gasteiger partial charge in [0, 0.05) is 29.9 Å². The van der Waals surface area contributed by atoms with Crippen LogP contribution in [0.4, 0.5) is 16.3 Å². The summed E-state index contributed by atoms with van der Waals surface area (Å²) in [5.74, 6) is -0.527. The van der Waals surface area contributed by atoms with Crippen LogP contribution in [-0.4, -0.2) is 65.5 Å². The lowest BCUT2D eigenvalue weighted by molar-refractivity contribution is -0.133. The van der Waals surface area contributed by atoms with Gasteiger partial charge in [-0.2, -0.15) is 4.68 Å². The number of morpholine rings is 1. The maximum atomic E-state index is 13.3. The maximum Gasteiger partial charge on any atom is 0.435 e. The molecule has 5 rings (SSSR count). The first-order valence-corrected chi connectivity index (χ1v) is 12.8. The van der Waals surface area contributed by atoms with Gasteiger partial charge in [-0.25, -0.2) is 4.79 Å². The summed E-state index contributed by atoms with van der Waals surface area (Å²) in [5, 5.41) is 7.20. The van der Waals surface area contributed by atoms with E-state index in [1.165, 1.54) is 0 Å². The average Bonchev–Trinajstić information content (AvgIpc) is 3.54. The predicted molar refractivity (Wildman–Crippen MR) is 141 cm³/mol. The predicted octanol–water partition coefficient (Wildman–Crippen LogP) is 3.62. The number of rotatable bonds is 6. The Morgan fingerprint density at radius 2 is 1.74 bits per heavy atom. The lowest BCUT2D eigenvalue weighted by Crippen LogP contribution is -2.36. The van der Waals surface area contributed by atoms with Crippen molar-refractivity contribution in [2.24, 2.45) is 0 Å². The van der Waals surface area contributed by atoms with Crippen molar-refractivity contribution in [3.05, 3.63) is 77.0 Å². The molecule has 38 heavy (non-hydrogen) atoms. The molecule has 1 atom stereocenters. The number of fused-ring (bicyclic) bond motifs is 1. The molecule has 2 aliphatic heterocycles. The number of hydrogen-bond donors (Lipinski definition) is 1. The van der Waals surface area contributed by atoms with E-state index in [4.69, 9.17) is 9.47 Å². The van der Waals surface area contributed by atoms with Gasteiger partial charge >= 0.3 is 6.09 Å². The molecule has 198 valence electrons. The van der Waals surface area contributed by atoms with Crippen LogP contribution in [0.5, 0.6) is 0 Å². The number of ether oxygens (including phenoxy) is 2. The Hall–Kier alpha value is -4.18. The van der Waals surface area contributed by atoms with E-state index in [0.29, 0.717) is 30.0 Å². The van der Waals surface area contributed by atoms with Gasteiger partial charge < -0.3 is 24.6 Å². The summed E-state index contributed by atoms with van der Waals surface area (Å²) in [4.78, 5) is 43.0. The highest BCUT2D eigenvalue weighted by Crippen LogP contribution is 2.32. The quantitative estimate of drug-likeness (QED) is 0.532. The fourth-order valence-electron chi connectivity index (χ4n) is 4.82. The Bertz CT molecular complexity index is 1320. The van der Waals surface area contributed by atoms with Crippen molar-refractivity contribution in [1.29, 1.82) is 0 Å². The Labute approximate surface area is 221 Å². The van der Waals surface area contributed by atoms with Crippen molar-refractivity contribution in [2.75, 3.05) is 43.1 Å². The number of nitrogens with one attached hydrogen (secondary N) is 1. The number of carbonyl (C=O) groups is 3. The van der Waals surface area contributed by atoms with Gasteiger partial charge in [-0.05, 0) is 43.7 Å². The van der Waals surface area contributed by atoms with Gasteiger partial charge in [0.2, 0.25) is 5.91 Å². The van der Waals surface area contributed by atoms with Gasteiger partial charge in [0.25, 0.3) is 5.91 Å². The van der Waals surface area contributed by atoms with E-state index in [-0.39, 0.29) is 43.2 Å². The minimum absolute atomic E-state index is 0.0706. The highest BCUT2D eigenvalue weighted by Gasteiger charge is 2.35. The fourth-order valence-corrected chi connectivity index (χ4v) is 4.82. The zero-order chi connectivity index (χ0) is 26.6. The summed E-state index contributed by atoms with van der Waals surface area (Å²) in [6.07, 6.45) is -0.649. The summed E-state index contributed by atoms with van der Waals surface area (Å²) in [6, 6.07) is 16.9. The minimum Gasteiger partial charge on any atom is -0.448 e. The molecule has 1 aromatic heterocycles. The average molecular weight is 518 g/mol. The van der Waals surface area contributed by atoms with E-state index in [2.05, 4.69) is 15.3 Å². The number of amides is 2. The van der Waals surface area contributed by atoms with Crippen LogP contribution in [0.25, 0.3) is 0 Å². The summed E-state index contributed by atoms with van der Waals surface area (Å²) in [7, 11) is 0. The Kier molecular flexibility index (Phi) is 7.41. The van der Waals surface area contributed by atoms with Crippen molar-refractivity contribution in [2.45, 2.75) is 32.9 Å². The molecule has 1 N–H and O–H groups in total. The molecular weight excluding hydrogens is 486 g/mol. The second-order valence-corrected chi connectivity index (χ2v) is 9.31. The monoisotopic (exact) mass is 517 g/mol. The third-order valence-corrected chi connectivity index (χ3v) is 6.94. The van der Waals surface area contributed by atoms with E-state index in [9.17, 15) is 14.4 Å². The van der Waals surface area contributed by atoms with E-state index in [1.807, 2.05) is 49.4 Å². The molecule has 2 amide bonds. The molecule has 0 unspecified atom stereocenters. The highest BCUT2D eigenvalue weighted by molar-refractivity contribution is 6.04. The van der Waals surface area contributed by atoms with Crippen LogP contribution in [0.2, 0.25) is 0 Å². The molecule has 2 aromatic carbocycles. The first-order chi connectivity index (χ1) is 18.5. The van der Waals surface area contributed by atoms with Crippen molar-refractivity contribution < 1.29 is 23.9 Å². The Morgan fingerprint density at radius 3 is 2.42 bits per heavy atom. The molecule has 0 radical (unpaired) electrons. The molecule has 1 saturated heterocycles. The summed E-state index contributed by atoms with van der Waals surface area (Å²) in [6.45, 7) is 7.15. The smallest absolute Gasteiger partial charge is 0.435 e. The Balaban J connectivity index is 1.35. The van der Waals surface area contributed by atoms with Gasteiger partial charge in [-0.1, -0.05) is 30.3 Å². The van der Waals surface area contributed by atoms with E-state index >= 15 is 0 Å². The Morgan fingerprint density at radius 1 is 1.03 bits per heavy atom. The first kappa shape index (κ1) is 25.5. The fraction of sp³-hybridized carbons (Fsp3) is 0.357. The number of anilines is 2. The van der Waals surface area contributed by atoms with Gasteiger partial charge in [0.05, 0.1) is 44.5 Å². The molecule has 2 aliphatic rings. The molecule has 3 heterocycles. The van der Waals surface area contributed by atoms with Crippen LogP contribution in [-0.2, 0) is 27.4 Å². The summed E-state index contributed by atoms with van der Waals surface area (Å²) in [5.41, 5.74) is 3.57. The van der Waals surface area contributed by atoms with Crippen LogP contribution in [0, 0.1) is 0 Å². The van der Waals surface area contributed by atoms with Crippen molar-refractivity contribution in [3.63, 3.8) is 0 Å². The first-order valence-electron chi connectivity index (χ1n) is 12.8. The molecule has 0 bridgehead atoms. The maximum absolute atomic E-state index is 13.3. The molecule has 0 saturated carbocycles. The second kappa shape index (κ2) is 11.1. The highest BCUT2D eigenvalue weighted by atomic mass is 16.6. The third-order valence-electron chi connectivity index (χ3n) is 6.94. The number of benzene rings is 2. The number of hydrogen-bond acceptors (Lipinski definition) is 7. The molecule has 10 heteroatoms. The van der Waals surface area contributed by atoms with Crippen molar-refractivity contribution in [1.82, 2.24) is 14.7 Å². The van der Waals surface area contributed by atoms with Crippen LogP contribution >= 0.6 is 0 Å². The SMILES string of the molecule is CCOC(=O)n1nc(NC(=O)c2ccc(N3CCOCC3)cc2)c2c1CN(C(=O)[C@H](C)c1ccccc1)C2. The van der Waals surface area contributed by atoms with Gasteiger partial charge in [-0.15, -0.1) is 5.10 Å². The number of carbonyl (C=O) groups excluding carboxylic acids is 3. The summed E-state index contributed by atoms with van der Waals surface area (Å²) >= 11 is 0.